The Balaban J connectivity index is 2.02. The number of carboxylic acid groups (broad SMARTS) is 1. The van der Waals surface area contributed by atoms with E-state index in [9.17, 15) is 14.3 Å². The van der Waals surface area contributed by atoms with Crippen LogP contribution >= 0.6 is 0 Å². The molecule has 5 heteroatoms. The van der Waals surface area contributed by atoms with Gasteiger partial charge in [0, 0.05) is 0 Å². The number of benzene rings is 2. The molecule has 0 radical (unpaired) electrons. The Labute approximate surface area is 120 Å². The standard InChI is InChI=1S/C16H11FO4/c17-12-4-1-10(2-5-12)7-13(16(18)19)11-3-6-14-15(8-11)21-9-20-14/h1-8H,9H2,(H,18,19)/b13-7-. The quantitative estimate of drug-likeness (QED) is 0.695. The van der Waals surface area contributed by atoms with Crippen molar-refractivity contribution < 1.29 is 23.8 Å². The van der Waals surface area contributed by atoms with E-state index in [0.29, 0.717) is 22.6 Å². The Bertz CT molecular complexity index is 720. The van der Waals surface area contributed by atoms with Crippen LogP contribution in [0.4, 0.5) is 4.39 Å². The SMILES string of the molecule is O=C(O)/C(=C\c1ccc(F)cc1)c1ccc2c(c1)OCO2. The predicted molar refractivity (Wildman–Crippen MR) is 74.5 cm³/mol. The molecule has 2 aromatic rings. The van der Waals surface area contributed by atoms with E-state index in [4.69, 9.17) is 9.47 Å². The van der Waals surface area contributed by atoms with Gasteiger partial charge in [0.2, 0.25) is 6.79 Å². The fraction of sp³-hybridized carbons (Fsp3) is 0.0625. The minimum atomic E-state index is -1.07. The van der Waals surface area contributed by atoms with Crippen molar-refractivity contribution in [3.63, 3.8) is 0 Å². The lowest BCUT2D eigenvalue weighted by molar-refractivity contribution is -0.130. The number of carbonyl (C=O) groups is 1. The van der Waals surface area contributed by atoms with Gasteiger partial charge >= 0.3 is 5.97 Å². The number of fused-ring (bicyclic) bond motifs is 1. The third kappa shape index (κ3) is 2.72. The predicted octanol–water partition coefficient (Wildman–Crippen LogP) is 3.18. The molecule has 4 nitrogen and oxygen atoms in total. The van der Waals surface area contributed by atoms with E-state index in [1.807, 2.05) is 0 Å². The molecule has 2 aromatic carbocycles. The van der Waals surface area contributed by atoms with Gasteiger partial charge in [0.05, 0.1) is 5.57 Å². The second-order valence-corrected chi connectivity index (χ2v) is 4.48. The van der Waals surface area contributed by atoms with Gasteiger partial charge in [-0.3, -0.25) is 0 Å². The summed E-state index contributed by atoms with van der Waals surface area (Å²) in [6.45, 7) is 0.128. The van der Waals surface area contributed by atoms with Gasteiger partial charge in [-0.25, -0.2) is 9.18 Å². The smallest absolute Gasteiger partial charge is 0.336 e. The molecule has 0 saturated heterocycles. The van der Waals surface area contributed by atoms with Crippen LogP contribution in [0.2, 0.25) is 0 Å². The van der Waals surface area contributed by atoms with E-state index >= 15 is 0 Å². The summed E-state index contributed by atoms with van der Waals surface area (Å²) >= 11 is 0. The van der Waals surface area contributed by atoms with Crippen molar-refractivity contribution in [3.8, 4) is 11.5 Å². The van der Waals surface area contributed by atoms with Crippen LogP contribution in [0.3, 0.4) is 0 Å². The van der Waals surface area contributed by atoms with Crippen LogP contribution in [0.15, 0.2) is 42.5 Å². The molecule has 0 atom stereocenters. The highest BCUT2D eigenvalue weighted by Gasteiger charge is 2.17. The van der Waals surface area contributed by atoms with Crippen LogP contribution in [0.5, 0.6) is 11.5 Å². The van der Waals surface area contributed by atoms with Gasteiger partial charge < -0.3 is 14.6 Å². The molecule has 1 aliphatic heterocycles. The fourth-order valence-electron chi connectivity index (χ4n) is 2.06. The molecule has 0 spiro atoms. The van der Waals surface area contributed by atoms with Crippen LogP contribution in [0, 0.1) is 5.82 Å². The van der Waals surface area contributed by atoms with E-state index in [1.165, 1.54) is 30.3 Å². The number of hydrogen-bond acceptors (Lipinski definition) is 3. The molecule has 0 fully saturated rings. The summed E-state index contributed by atoms with van der Waals surface area (Å²) in [5.41, 5.74) is 1.20. The zero-order valence-electron chi connectivity index (χ0n) is 10.9. The van der Waals surface area contributed by atoms with Crippen molar-refractivity contribution in [1.29, 1.82) is 0 Å². The molecule has 1 aliphatic rings. The first-order valence-electron chi connectivity index (χ1n) is 6.24. The molecule has 3 rings (SSSR count). The summed E-state index contributed by atoms with van der Waals surface area (Å²) in [6.07, 6.45) is 1.49. The van der Waals surface area contributed by atoms with Crippen molar-refractivity contribution in [1.82, 2.24) is 0 Å². The third-order valence-corrected chi connectivity index (χ3v) is 3.09. The second-order valence-electron chi connectivity index (χ2n) is 4.48. The molecule has 0 aromatic heterocycles. The summed E-state index contributed by atoms with van der Waals surface area (Å²) in [5.74, 6) is -0.339. The van der Waals surface area contributed by atoms with Crippen LogP contribution in [-0.2, 0) is 4.79 Å². The van der Waals surface area contributed by atoms with Gasteiger partial charge in [0.1, 0.15) is 5.82 Å². The van der Waals surface area contributed by atoms with E-state index in [1.54, 1.807) is 18.2 Å². The fourth-order valence-corrected chi connectivity index (χ4v) is 2.06. The van der Waals surface area contributed by atoms with Gasteiger partial charge in [-0.1, -0.05) is 18.2 Å². The van der Waals surface area contributed by atoms with Crippen molar-refractivity contribution in [2.24, 2.45) is 0 Å². The van der Waals surface area contributed by atoms with E-state index in [2.05, 4.69) is 0 Å². The Morgan fingerprint density at radius 2 is 1.81 bits per heavy atom. The number of aliphatic carboxylic acids is 1. The van der Waals surface area contributed by atoms with E-state index < -0.39 is 5.97 Å². The summed E-state index contributed by atoms with van der Waals surface area (Å²) in [7, 11) is 0. The summed E-state index contributed by atoms with van der Waals surface area (Å²) in [5, 5.41) is 9.38. The number of rotatable bonds is 3. The second kappa shape index (κ2) is 5.28. The number of halogens is 1. The average molecular weight is 286 g/mol. The number of carboxylic acids is 1. The first kappa shape index (κ1) is 13.2. The van der Waals surface area contributed by atoms with Gasteiger partial charge in [-0.15, -0.1) is 0 Å². The first-order chi connectivity index (χ1) is 10.1. The van der Waals surface area contributed by atoms with Crippen molar-refractivity contribution in [2.75, 3.05) is 6.79 Å². The minimum Gasteiger partial charge on any atom is -0.478 e. The Morgan fingerprint density at radius 1 is 1.10 bits per heavy atom. The topological polar surface area (TPSA) is 55.8 Å². The summed E-state index contributed by atoms with van der Waals surface area (Å²) in [4.78, 5) is 11.5. The highest BCUT2D eigenvalue weighted by atomic mass is 19.1. The van der Waals surface area contributed by atoms with Gasteiger partial charge in [0.15, 0.2) is 11.5 Å². The lowest BCUT2D eigenvalue weighted by atomic mass is 10.0. The summed E-state index contributed by atoms with van der Waals surface area (Å²) < 4.78 is 23.3. The summed E-state index contributed by atoms with van der Waals surface area (Å²) in [6, 6.07) is 10.5. The molecule has 0 aliphatic carbocycles. The lowest BCUT2D eigenvalue weighted by Crippen LogP contribution is -1.99. The van der Waals surface area contributed by atoms with Crippen LogP contribution in [0.25, 0.3) is 11.6 Å². The zero-order chi connectivity index (χ0) is 14.8. The minimum absolute atomic E-state index is 0.0971. The Hall–Kier alpha value is -2.82. The normalized spacial score (nSPS) is 13.3. The molecular weight excluding hydrogens is 275 g/mol. The van der Waals surface area contributed by atoms with E-state index in [-0.39, 0.29) is 18.2 Å². The van der Waals surface area contributed by atoms with Crippen molar-refractivity contribution in [3.05, 3.63) is 59.4 Å². The van der Waals surface area contributed by atoms with Crippen LogP contribution in [0.1, 0.15) is 11.1 Å². The maximum absolute atomic E-state index is 12.9. The molecule has 1 N–H and O–H groups in total. The number of hydrogen-bond donors (Lipinski definition) is 1. The first-order valence-corrected chi connectivity index (χ1v) is 6.24. The monoisotopic (exact) mass is 286 g/mol. The van der Waals surface area contributed by atoms with E-state index in [0.717, 1.165) is 0 Å². The van der Waals surface area contributed by atoms with Crippen LogP contribution in [-0.4, -0.2) is 17.9 Å². The number of ether oxygens (including phenoxy) is 2. The molecule has 106 valence electrons. The highest BCUT2D eigenvalue weighted by Crippen LogP contribution is 2.34. The Morgan fingerprint density at radius 3 is 2.52 bits per heavy atom. The molecule has 0 bridgehead atoms. The molecule has 0 saturated carbocycles. The molecule has 1 heterocycles. The van der Waals surface area contributed by atoms with Gasteiger partial charge in [-0.05, 0) is 41.5 Å². The van der Waals surface area contributed by atoms with Crippen molar-refractivity contribution >= 4 is 17.6 Å². The lowest BCUT2D eigenvalue weighted by Gasteiger charge is -2.05. The van der Waals surface area contributed by atoms with Crippen LogP contribution < -0.4 is 9.47 Å². The van der Waals surface area contributed by atoms with Gasteiger partial charge in [-0.2, -0.15) is 0 Å². The highest BCUT2D eigenvalue weighted by molar-refractivity contribution is 6.20. The van der Waals surface area contributed by atoms with Gasteiger partial charge in [0.25, 0.3) is 0 Å². The average Bonchev–Trinajstić information content (AvgIpc) is 2.93. The largest absolute Gasteiger partial charge is 0.478 e. The Kier molecular flexibility index (Phi) is 3.31. The molecule has 21 heavy (non-hydrogen) atoms. The maximum atomic E-state index is 12.9. The third-order valence-electron chi connectivity index (χ3n) is 3.09. The molecule has 0 amide bonds. The van der Waals surface area contributed by atoms with Crippen molar-refractivity contribution in [2.45, 2.75) is 0 Å². The maximum Gasteiger partial charge on any atom is 0.336 e. The molecular formula is C16H11FO4. The zero-order valence-corrected chi connectivity index (χ0v) is 10.9. The molecule has 0 unspecified atom stereocenters.